The van der Waals surface area contributed by atoms with E-state index in [0.29, 0.717) is 25.5 Å². The van der Waals surface area contributed by atoms with E-state index < -0.39 is 10.0 Å². The molecule has 0 spiro atoms. The zero-order chi connectivity index (χ0) is 18.7. The van der Waals surface area contributed by atoms with Crippen LogP contribution in [-0.2, 0) is 17.1 Å². The highest BCUT2D eigenvalue weighted by Crippen LogP contribution is 2.21. The van der Waals surface area contributed by atoms with Crippen molar-refractivity contribution in [3.63, 3.8) is 0 Å². The summed E-state index contributed by atoms with van der Waals surface area (Å²) in [6.07, 6.45) is 6.97. The molecule has 2 aliphatic heterocycles. The third-order valence-corrected chi connectivity index (χ3v) is 7.30. The number of likely N-dealkylation sites (tertiary alicyclic amines) is 2. The number of carbonyl (C=O) groups excluding carboxylic acids is 1. The predicted octanol–water partition coefficient (Wildman–Crippen LogP) is 0.382. The van der Waals surface area contributed by atoms with Crippen LogP contribution in [-0.4, -0.2) is 89.0 Å². The van der Waals surface area contributed by atoms with Crippen molar-refractivity contribution in [2.24, 2.45) is 7.05 Å². The van der Waals surface area contributed by atoms with Crippen LogP contribution in [0.15, 0.2) is 12.4 Å². The Morgan fingerprint density at radius 1 is 1.27 bits per heavy atom. The van der Waals surface area contributed by atoms with Gasteiger partial charge in [0.25, 0.3) is 5.91 Å². The van der Waals surface area contributed by atoms with Crippen LogP contribution in [0.25, 0.3) is 0 Å². The lowest BCUT2D eigenvalue weighted by Gasteiger charge is -2.44. The lowest BCUT2D eigenvalue weighted by molar-refractivity contribution is 0.0421. The summed E-state index contributed by atoms with van der Waals surface area (Å²) < 4.78 is 28.4. The first-order chi connectivity index (χ1) is 12.4. The normalized spacial score (nSPS) is 19.7. The highest BCUT2D eigenvalue weighted by molar-refractivity contribution is 7.89. The highest BCUT2D eigenvalue weighted by Gasteiger charge is 2.40. The van der Waals surface area contributed by atoms with Crippen molar-refractivity contribution in [3.05, 3.63) is 18.2 Å². The minimum absolute atomic E-state index is 0.0941. The summed E-state index contributed by atoms with van der Waals surface area (Å²) >= 11 is 0. The first-order valence-corrected chi connectivity index (χ1v) is 11.0. The van der Waals surface area contributed by atoms with Crippen LogP contribution in [0.1, 0.15) is 36.8 Å². The zero-order valence-electron chi connectivity index (χ0n) is 15.7. The number of hydrogen-bond acceptors (Lipinski definition) is 5. The average Bonchev–Trinajstić information content (AvgIpc) is 3.03. The Morgan fingerprint density at radius 2 is 1.96 bits per heavy atom. The van der Waals surface area contributed by atoms with Crippen LogP contribution in [0.2, 0.25) is 0 Å². The monoisotopic (exact) mass is 383 g/mol. The van der Waals surface area contributed by atoms with E-state index in [-0.39, 0.29) is 17.7 Å². The van der Waals surface area contributed by atoms with Gasteiger partial charge >= 0.3 is 0 Å². The number of hydrogen-bond donors (Lipinski definition) is 0. The van der Waals surface area contributed by atoms with Crippen molar-refractivity contribution in [1.82, 2.24) is 23.7 Å². The number of aryl methyl sites for hydroxylation is 1. The van der Waals surface area contributed by atoms with Crippen molar-refractivity contribution in [2.45, 2.75) is 32.2 Å². The molecule has 0 N–H and O–H groups in total. The van der Waals surface area contributed by atoms with Gasteiger partial charge < -0.3 is 14.4 Å². The van der Waals surface area contributed by atoms with E-state index in [2.05, 4.69) is 9.88 Å². The van der Waals surface area contributed by atoms with Gasteiger partial charge in [0.2, 0.25) is 10.0 Å². The average molecular weight is 384 g/mol. The largest absolute Gasteiger partial charge is 0.333 e. The molecule has 9 heteroatoms. The minimum atomic E-state index is -3.28. The fraction of sp³-hybridized carbons (Fsp3) is 0.765. The predicted molar refractivity (Wildman–Crippen MR) is 99.4 cm³/mol. The van der Waals surface area contributed by atoms with E-state index in [1.54, 1.807) is 40.1 Å². The van der Waals surface area contributed by atoms with Gasteiger partial charge in [0, 0.05) is 45.6 Å². The lowest BCUT2D eigenvalue weighted by Crippen LogP contribution is -2.63. The molecule has 3 rings (SSSR count). The quantitative estimate of drug-likeness (QED) is 0.680. The SMILES string of the molecule is CCS(=O)(=O)N(CCN1CCCCC1)C1CN(C(=O)c2nccn2C)C1. The molecule has 2 aliphatic rings. The number of imidazole rings is 1. The smallest absolute Gasteiger partial charge is 0.289 e. The number of nitrogens with zero attached hydrogens (tertiary/aromatic N) is 5. The molecule has 0 unspecified atom stereocenters. The van der Waals surface area contributed by atoms with Gasteiger partial charge in [-0.1, -0.05) is 6.42 Å². The fourth-order valence-electron chi connectivity index (χ4n) is 3.65. The fourth-order valence-corrected chi connectivity index (χ4v) is 4.93. The molecule has 146 valence electrons. The molecule has 0 aliphatic carbocycles. The molecule has 26 heavy (non-hydrogen) atoms. The Bertz CT molecular complexity index is 721. The van der Waals surface area contributed by atoms with Crippen LogP contribution in [0.5, 0.6) is 0 Å². The Balaban J connectivity index is 1.60. The standard InChI is InChI=1S/C17H29N5O3S/c1-3-26(24,25)22(12-11-20-8-5-4-6-9-20)15-13-21(14-15)17(23)16-18-7-10-19(16)2/h7,10,15H,3-6,8-9,11-14H2,1-2H3. The van der Waals surface area contributed by atoms with Gasteiger partial charge in [-0.3, -0.25) is 4.79 Å². The first-order valence-electron chi connectivity index (χ1n) is 9.41. The summed E-state index contributed by atoms with van der Waals surface area (Å²) in [5.41, 5.74) is 0. The molecule has 0 bridgehead atoms. The van der Waals surface area contributed by atoms with E-state index in [4.69, 9.17) is 0 Å². The minimum Gasteiger partial charge on any atom is -0.333 e. The number of amides is 1. The van der Waals surface area contributed by atoms with Crippen LogP contribution >= 0.6 is 0 Å². The van der Waals surface area contributed by atoms with Gasteiger partial charge in [-0.15, -0.1) is 0 Å². The molecule has 1 amide bonds. The molecular weight excluding hydrogens is 354 g/mol. The zero-order valence-corrected chi connectivity index (χ0v) is 16.5. The van der Waals surface area contributed by atoms with Gasteiger partial charge in [-0.2, -0.15) is 4.31 Å². The van der Waals surface area contributed by atoms with Crippen LogP contribution in [0.4, 0.5) is 0 Å². The Labute approximate surface area is 155 Å². The molecule has 1 aromatic rings. The summed E-state index contributed by atoms with van der Waals surface area (Å²) in [4.78, 5) is 20.6. The van der Waals surface area contributed by atoms with Crippen molar-refractivity contribution in [2.75, 3.05) is 45.0 Å². The Kier molecular flexibility index (Phi) is 5.99. The van der Waals surface area contributed by atoms with Gasteiger partial charge in [0.1, 0.15) is 0 Å². The molecule has 0 atom stereocenters. The van der Waals surface area contributed by atoms with Crippen LogP contribution in [0, 0.1) is 0 Å². The molecule has 2 saturated heterocycles. The van der Waals surface area contributed by atoms with E-state index >= 15 is 0 Å². The summed E-state index contributed by atoms with van der Waals surface area (Å²) in [6.45, 7) is 5.92. The van der Waals surface area contributed by atoms with Gasteiger partial charge in [0.15, 0.2) is 5.82 Å². The molecule has 0 aromatic carbocycles. The molecule has 0 saturated carbocycles. The second-order valence-corrected chi connectivity index (χ2v) is 9.35. The maximum absolute atomic E-state index is 12.6. The Morgan fingerprint density at radius 3 is 2.54 bits per heavy atom. The topological polar surface area (TPSA) is 78.8 Å². The summed E-state index contributed by atoms with van der Waals surface area (Å²) in [6, 6.07) is -0.131. The third-order valence-electron chi connectivity index (χ3n) is 5.38. The van der Waals surface area contributed by atoms with Crippen LogP contribution < -0.4 is 0 Å². The molecule has 2 fully saturated rings. The number of carbonyl (C=O) groups is 1. The van der Waals surface area contributed by atoms with Gasteiger partial charge in [-0.25, -0.2) is 13.4 Å². The van der Waals surface area contributed by atoms with Crippen molar-refractivity contribution in [3.8, 4) is 0 Å². The molecule has 1 aromatic heterocycles. The maximum atomic E-state index is 12.6. The Hall–Kier alpha value is -1.45. The van der Waals surface area contributed by atoms with Crippen molar-refractivity contribution in [1.29, 1.82) is 0 Å². The number of aromatic nitrogens is 2. The molecule has 8 nitrogen and oxygen atoms in total. The second-order valence-electron chi connectivity index (χ2n) is 7.14. The van der Waals surface area contributed by atoms with Gasteiger partial charge in [-0.05, 0) is 32.9 Å². The summed E-state index contributed by atoms with van der Waals surface area (Å²) in [5.74, 6) is 0.344. The number of piperidine rings is 1. The van der Waals surface area contributed by atoms with E-state index in [9.17, 15) is 13.2 Å². The molecule has 3 heterocycles. The highest BCUT2D eigenvalue weighted by atomic mass is 32.2. The number of sulfonamides is 1. The summed E-state index contributed by atoms with van der Waals surface area (Å²) in [5, 5.41) is 0. The van der Waals surface area contributed by atoms with E-state index in [0.717, 1.165) is 19.6 Å². The molecular formula is C17H29N5O3S. The van der Waals surface area contributed by atoms with Crippen molar-refractivity contribution >= 4 is 15.9 Å². The van der Waals surface area contributed by atoms with E-state index in [1.807, 2.05) is 0 Å². The van der Waals surface area contributed by atoms with Crippen molar-refractivity contribution < 1.29 is 13.2 Å². The summed E-state index contributed by atoms with van der Waals surface area (Å²) in [7, 11) is -1.50. The third kappa shape index (κ3) is 4.10. The second kappa shape index (κ2) is 8.06. The van der Waals surface area contributed by atoms with Gasteiger partial charge in [0.05, 0.1) is 11.8 Å². The lowest BCUT2D eigenvalue weighted by atomic mass is 10.1. The number of rotatable bonds is 7. The van der Waals surface area contributed by atoms with E-state index in [1.165, 1.54) is 19.3 Å². The maximum Gasteiger partial charge on any atom is 0.289 e. The van der Waals surface area contributed by atoms with Crippen LogP contribution in [0.3, 0.4) is 0 Å². The first kappa shape index (κ1) is 19.3. The molecule has 0 radical (unpaired) electrons.